The molecular formula is C17H30N2S. The fourth-order valence-corrected chi connectivity index (χ4v) is 4.97. The first kappa shape index (κ1) is 16.0. The third-order valence-electron chi connectivity index (χ3n) is 4.83. The van der Waals surface area contributed by atoms with Crippen molar-refractivity contribution in [2.75, 3.05) is 0 Å². The van der Waals surface area contributed by atoms with Crippen molar-refractivity contribution >= 4 is 11.3 Å². The van der Waals surface area contributed by atoms with E-state index in [0.29, 0.717) is 11.5 Å². The maximum Gasteiger partial charge on any atom is 0.0315 e. The molecule has 3 N–H and O–H groups in total. The molecule has 0 bridgehead atoms. The van der Waals surface area contributed by atoms with E-state index in [1.807, 2.05) is 11.3 Å². The Kier molecular flexibility index (Phi) is 5.65. The SMILES string of the molecule is CCc1ccc(CC(NN)C2(CC(C)C)CCCC2)s1. The monoisotopic (exact) mass is 294 g/mol. The van der Waals surface area contributed by atoms with E-state index in [9.17, 15) is 0 Å². The molecule has 20 heavy (non-hydrogen) atoms. The van der Waals surface area contributed by atoms with E-state index >= 15 is 0 Å². The molecule has 1 heterocycles. The Morgan fingerprint density at radius 1 is 1.25 bits per heavy atom. The number of nitrogens with two attached hydrogens (primary N) is 1. The molecule has 0 amide bonds. The van der Waals surface area contributed by atoms with Crippen LogP contribution in [0.25, 0.3) is 0 Å². The predicted octanol–water partition coefficient (Wildman–Crippen LogP) is 4.29. The van der Waals surface area contributed by atoms with Gasteiger partial charge in [0.1, 0.15) is 0 Å². The topological polar surface area (TPSA) is 38.0 Å². The second-order valence-corrected chi connectivity index (χ2v) is 8.07. The van der Waals surface area contributed by atoms with Gasteiger partial charge in [-0.3, -0.25) is 11.3 Å². The molecule has 114 valence electrons. The minimum atomic E-state index is 0.416. The normalized spacial score (nSPS) is 19.6. The highest BCUT2D eigenvalue weighted by atomic mass is 32.1. The Labute approximate surface area is 128 Å². The number of aryl methyl sites for hydroxylation is 1. The zero-order chi connectivity index (χ0) is 14.6. The number of hydrazine groups is 1. The van der Waals surface area contributed by atoms with Crippen LogP contribution >= 0.6 is 11.3 Å². The molecule has 1 aliphatic carbocycles. The van der Waals surface area contributed by atoms with E-state index in [1.165, 1.54) is 41.9 Å². The Bertz CT molecular complexity index is 405. The molecule has 2 nitrogen and oxygen atoms in total. The van der Waals surface area contributed by atoms with Gasteiger partial charge in [0, 0.05) is 15.8 Å². The lowest BCUT2D eigenvalue weighted by Crippen LogP contribution is -2.49. The van der Waals surface area contributed by atoms with E-state index in [4.69, 9.17) is 5.84 Å². The van der Waals surface area contributed by atoms with Crippen molar-refractivity contribution in [3.8, 4) is 0 Å². The Balaban J connectivity index is 2.11. The molecule has 1 aromatic rings. The maximum atomic E-state index is 5.96. The van der Waals surface area contributed by atoms with Gasteiger partial charge in [0.05, 0.1) is 0 Å². The van der Waals surface area contributed by atoms with E-state index in [1.54, 1.807) is 0 Å². The lowest BCUT2D eigenvalue weighted by Gasteiger charge is -2.38. The molecule has 0 aromatic carbocycles. The van der Waals surface area contributed by atoms with Gasteiger partial charge in [-0.1, -0.05) is 33.6 Å². The quantitative estimate of drug-likeness (QED) is 0.581. The van der Waals surface area contributed by atoms with Crippen LogP contribution in [0, 0.1) is 11.3 Å². The minimum absolute atomic E-state index is 0.416. The molecular weight excluding hydrogens is 264 g/mol. The number of rotatable bonds is 7. The molecule has 2 rings (SSSR count). The van der Waals surface area contributed by atoms with Gasteiger partial charge in [-0.2, -0.15) is 0 Å². The summed E-state index contributed by atoms with van der Waals surface area (Å²) in [5.74, 6) is 6.70. The van der Waals surface area contributed by atoms with Gasteiger partial charge in [0.25, 0.3) is 0 Å². The van der Waals surface area contributed by atoms with Crippen LogP contribution in [0.2, 0.25) is 0 Å². The largest absolute Gasteiger partial charge is 0.271 e. The van der Waals surface area contributed by atoms with Crippen LogP contribution in [-0.4, -0.2) is 6.04 Å². The first-order valence-corrected chi connectivity index (χ1v) is 8.95. The first-order valence-electron chi connectivity index (χ1n) is 8.13. The molecule has 0 saturated heterocycles. The van der Waals surface area contributed by atoms with Crippen LogP contribution in [0.5, 0.6) is 0 Å². The molecule has 3 heteroatoms. The van der Waals surface area contributed by atoms with E-state index < -0.39 is 0 Å². The van der Waals surface area contributed by atoms with E-state index in [0.717, 1.165) is 18.8 Å². The molecule has 1 saturated carbocycles. The standard InChI is InChI=1S/C17H30N2S/c1-4-14-7-8-15(20-14)11-16(19-18)17(12-13(2)3)9-5-6-10-17/h7-8,13,16,19H,4-6,9-12,18H2,1-3H3. The van der Waals surface area contributed by atoms with E-state index in [2.05, 4.69) is 38.3 Å². The summed E-state index contributed by atoms with van der Waals surface area (Å²) >= 11 is 1.96. The summed E-state index contributed by atoms with van der Waals surface area (Å²) in [5, 5.41) is 0. The number of nitrogens with one attached hydrogen (secondary N) is 1. The maximum absolute atomic E-state index is 5.96. The van der Waals surface area contributed by atoms with E-state index in [-0.39, 0.29) is 0 Å². The summed E-state index contributed by atoms with van der Waals surface area (Å²) in [6, 6.07) is 5.00. The average Bonchev–Trinajstić information content (AvgIpc) is 3.04. The Morgan fingerprint density at radius 3 is 2.40 bits per heavy atom. The molecule has 1 aliphatic rings. The van der Waals surface area contributed by atoms with Gasteiger partial charge >= 0.3 is 0 Å². The van der Waals surface area contributed by atoms with Crippen molar-refractivity contribution in [2.24, 2.45) is 17.2 Å². The predicted molar refractivity (Wildman–Crippen MR) is 88.9 cm³/mol. The van der Waals surface area contributed by atoms with Crippen LogP contribution in [0.1, 0.15) is 62.6 Å². The molecule has 0 spiro atoms. The van der Waals surface area contributed by atoms with Crippen molar-refractivity contribution in [3.63, 3.8) is 0 Å². The molecule has 0 aliphatic heterocycles. The second-order valence-electron chi connectivity index (χ2n) is 6.81. The molecule has 1 unspecified atom stereocenters. The average molecular weight is 295 g/mol. The highest BCUT2D eigenvalue weighted by molar-refractivity contribution is 7.11. The summed E-state index contributed by atoms with van der Waals surface area (Å²) < 4.78 is 0. The van der Waals surface area contributed by atoms with Crippen LogP contribution in [-0.2, 0) is 12.8 Å². The third-order valence-corrected chi connectivity index (χ3v) is 6.08. The molecule has 0 radical (unpaired) electrons. The lowest BCUT2D eigenvalue weighted by atomic mass is 9.71. The van der Waals surface area contributed by atoms with Crippen LogP contribution in [0.3, 0.4) is 0 Å². The van der Waals surface area contributed by atoms with Crippen molar-refractivity contribution in [1.82, 2.24) is 5.43 Å². The van der Waals surface area contributed by atoms with Crippen molar-refractivity contribution in [2.45, 2.75) is 71.8 Å². The zero-order valence-corrected chi connectivity index (χ0v) is 14.1. The number of hydrogen-bond acceptors (Lipinski definition) is 3. The first-order chi connectivity index (χ1) is 9.59. The zero-order valence-electron chi connectivity index (χ0n) is 13.2. The van der Waals surface area contributed by atoms with Crippen molar-refractivity contribution in [1.29, 1.82) is 0 Å². The van der Waals surface area contributed by atoms with Gasteiger partial charge < -0.3 is 0 Å². The summed E-state index contributed by atoms with van der Waals surface area (Å²) in [4.78, 5) is 2.97. The van der Waals surface area contributed by atoms with Gasteiger partial charge in [-0.05, 0) is 55.6 Å². The summed E-state index contributed by atoms with van der Waals surface area (Å²) in [7, 11) is 0. The molecule has 1 fully saturated rings. The summed E-state index contributed by atoms with van der Waals surface area (Å²) in [6.45, 7) is 6.91. The highest BCUT2D eigenvalue weighted by Crippen LogP contribution is 2.46. The molecule has 1 aromatic heterocycles. The van der Waals surface area contributed by atoms with Crippen LogP contribution < -0.4 is 11.3 Å². The summed E-state index contributed by atoms with van der Waals surface area (Å²) in [6.07, 6.45) is 8.95. The number of thiophene rings is 1. The van der Waals surface area contributed by atoms with Gasteiger partial charge in [0.2, 0.25) is 0 Å². The molecule has 1 atom stereocenters. The van der Waals surface area contributed by atoms with Gasteiger partial charge in [-0.25, -0.2) is 0 Å². The second kappa shape index (κ2) is 7.06. The third kappa shape index (κ3) is 3.63. The minimum Gasteiger partial charge on any atom is -0.271 e. The Morgan fingerprint density at radius 2 is 1.90 bits per heavy atom. The van der Waals surface area contributed by atoms with Crippen molar-refractivity contribution < 1.29 is 0 Å². The van der Waals surface area contributed by atoms with Crippen LogP contribution in [0.4, 0.5) is 0 Å². The highest BCUT2D eigenvalue weighted by Gasteiger charge is 2.41. The fourth-order valence-electron chi connectivity index (χ4n) is 3.96. The fraction of sp³-hybridized carbons (Fsp3) is 0.765. The lowest BCUT2D eigenvalue weighted by molar-refractivity contribution is 0.155. The Hall–Kier alpha value is -0.380. The van der Waals surface area contributed by atoms with Gasteiger partial charge in [0.15, 0.2) is 0 Å². The van der Waals surface area contributed by atoms with Crippen molar-refractivity contribution in [3.05, 3.63) is 21.9 Å². The van der Waals surface area contributed by atoms with Gasteiger partial charge in [-0.15, -0.1) is 11.3 Å². The summed E-state index contributed by atoms with van der Waals surface area (Å²) in [5.41, 5.74) is 3.59. The van der Waals surface area contributed by atoms with Crippen LogP contribution in [0.15, 0.2) is 12.1 Å². The number of hydrogen-bond donors (Lipinski definition) is 2. The smallest absolute Gasteiger partial charge is 0.0315 e.